The van der Waals surface area contributed by atoms with Crippen LogP contribution in [0, 0.1) is 0 Å². The topological polar surface area (TPSA) is 92.3 Å². The van der Waals surface area contributed by atoms with Gasteiger partial charge in [0.05, 0.1) is 4.90 Å². The Morgan fingerprint density at radius 1 is 0.958 bits per heavy atom. The minimum absolute atomic E-state index is 0.0373. The zero-order valence-electron chi connectivity index (χ0n) is 13.2. The summed E-state index contributed by atoms with van der Waals surface area (Å²) in [5, 5.41) is 2.68. The predicted molar refractivity (Wildman–Crippen MR) is 91.1 cm³/mol. The van der Waals surface area contributed by atoms with Gasteiger partial charge in [0, 0.05) is 17.7 Å². The lowest BCUT2D eigenvalue weighted by Gasteiger charge is -2.08. The zero-order chi connectivity index (χ0) is 17.6. The first kappa shape index (κ1) is 17.7. The maximum Gasteiger partial charge on any atom is 0.264 e. The van der Waals surface area contributed by atoms with Gasteiger partial charge in [-0.2, -0.15) is 0 Å². The molecule has 0 spiro atoms. The minimum atomic E-state index is -3.89. The molecule has 0 radical (unpaired) electrons. The number of amides is 2. The van der Waals surface area contributed by atoms with Crippen molar-refractivity contribution in [1.29, 1.82) is 0 Å². The first-order chi connectivity index (χ1) is 11.4. The zero-order valence-corrected chi connectivity index (χ0v) is 14.0. The normalized spacial score (nSPS) is 10.9. The van der Waals surface area contributed by atoms with Gasteiger partial charge in [-0.05, 0) is 42.8 Å². The van der Waals surface area contributed by atoms with Crippen LogP contribution in [0.1, 0.15) is 30.1 Å². The molecular weight excluding hydrogens is 328 g/mol. The summed E-state index contributed by atoms with van der Waals surface area (Å²) in [5.41, 5.74) is 0.962. The highest BCUT2D eigenvalue weighted by Gasteiger charge is 2.17. The van der Waals surface area contributed by atoms with Crippen LogP contribution in [-0.4, -0.2) is 20.2 Å². The standard InChI is InChI=1S/C17H18N2O4S/c1-2-6-16(20)19-24(22,23)15-11-9-14(10-12-15)18-17(21)13-7-4-3-5-8-13/h3-5,7-12H,2,6H2,1H3,(H,18,21)(H,19,20). The lowest BCUT2D eigenvalue weighted by molar-refractivity contribution is -0.119. The van der Waals surface area contributed by atoms with E-state index >= 15 is 0 Å². The molecular formula is C17H18N2O4S. The van der Waals surface area contributed by atoms with E-state index in [2.05, 4.69) is 5.32 Å². The van der Waals surface area contributed by atoms with Crippen molar-refractivity contribution < 1.29 is 18.0 Å². The third kappa shape index (κ3) is 4.66. The molecule has 24 heavy (non-hydrogen) atoms. The van der Waals surface area contributed by atoms with Crippen molar-refractivity contribution in [1.82, 2.24) is 4.72 Å². The molecule has 0 fully saturated rings. The average molecular weight is 346 g/mol. The van der Waals surface area contributed by atoms with Crippen LogP contribution in [0.5, 0.6) is 0 Å². The molecule has 2 aromatic carbocycles. The van der Waals surface area contributed by atoms with E-state index in [1.165, 1.54) is 24.3 Å². The Balaban J connectivity index is 2.07. The van der Waals surface area contributed by atoms with Gasteiger partial charge < -0.3 is 5.32 Å². The minimum Gasteiger partial charge on any atom is -0.322 e. The molecule has 0 aliphatic heterocycles. The van der Waals surface area contributed by atoms with Gasteiger partial charge >= 0.3 is 0 Å². The highest BCUT2D eigenvalue weighted by Crippen LogP contribution is 2.15. The van der Waals surface area contributed by atoms with E-state index in [-0.39, 0.29) is 17.2 Å². The van der Waals surface area contributed by atoms with Crippen LogP contribution in [-0.2, 0) is 14.8 Å². The van der Waals surface area contributed by atoms with Crippen molar-refractivity contribution in [2.45, 2.75) is 24.7 Å². The largest absolute Gasteiger partial charge is 0.322 e. The average Bonchev–Trinajstić information content (AvgIpc) is 2.56. The first-order valence-electron chi connectivity index (χ1n) is 7.44. The number of carbonyl (C=O) groups is 2. The Morgan fingerprint density at radius 2 is 1.58 bits per heavy atom. The summed E-state index contributed by atoms with van der Waals surface area (Å²) >= 11 is 0. The lowest BCUT2D eigenvalue weighted by atomic mass is 10.2. The molecule has 2 rings (SSSR count). The molecule has 0 atom stereocenters. The van der Waals surface area contributed by atoms with Crippen LogP contribution in [0.2, 0.25) is 0 Å². The third-order valence-electron chi connectivity index (χ3n) is 3.18. The van der Waals surface area contributed by atoms with E-state index in [1.54, 1.807) is 31.2 Å². The Labute approximate surface area is 140 Å². The number of rotatable bonds is 6. The highest BCUT2D eigenvalue weighted by molar-refractivity contribution is 7.90. The van der Waals surface area contributed by atoms with Crippen molar-refractivity contribution in [3.8, 4) is 0 Å². The van der Waals surface area contributed by atoms with Gasteiger partial charge in [-0.25, -0.2) is 13.1 Å². The van der Waals surface area contributed by atoms with Crippen molar-refractivity contribution in [3.05, 3.63) is 60.2 Å². The Morgan fingerprint density at radius 3 is 2.17 bits per heavy atom. The van der Waals surface area contributed by atoms with Gasteiger partial charge in [-0.3, -0.25) is 9.59 Å². The molecule has 0 aromatic heterocycles. The number of hydrogen-bond donors (Lipinski definition) is 2. The quantitative estimate of drug-likeness (QED) is 0.841. The second-order valence-electron chi connectivity index (χ2n) is 5.12. The molecule has 7 heteroatoms. The van der Waals surface area contributed by atoms with E-state index in [1.807, 2.05) is 10.8 Å². The van der Waals surface area contributed by atoms with E-state index < -0.39 is 15.9 Å². The fraction of sp³-hybridized carbons (Fsp3) is 0.176. The highest BCUT2D eigenvalue weighted by atomic mass is 32.2. The fourth-order valence-corrected chi connectivity index (χ4v) is 3.01. The van der Waals surface area contributed by atoms with E-state index in [9.17, 15) is 18.0 Å². The molecule has 2 amide bonds. The lowest BCUT2D eigenvalue weighted by Crippen LogP contribution is -2.30. The monoisotopic (exact) mass is 346 g/mol. The van der Waals surface area contributed by atoms with Crippen LogP contribution < -0.4 is 10.0 Å². The molecule has 0 aliphatic carbocycles. The number of hydrogen-bond acceptors (Lipinski definition) is 4. The smallest absolute Gasteiger partial charge is 0.264 e. The summed E-state index contributed by atoms with van der Waals surface area (Å²) < 4.78 is 26.1. The third-order valence-corrected chi connectivity index (χ3v) is 4.57. The maximum absolute atomic E-state index is 12.1. The summed E-state index contributed by atoms with van der Waals surface area (Å²) in [4.78, 5) is 23.4. The number of nitrogens with one attached hydrogen (secondary N) is 2. The second kappa shape index (κ2) is 7.74. The second-order valence-corrected chi connectivity index (χ2v) is 6.81. The first-order valence-corrected chi connectivity index (χ1v) is 8.93. The molecule has 2 aromatic rings. The van der Waals surface area contributed by atoms with Gasteiger partial charge in [-0.1, -0.05) is 25.1 Å². The molecule has 0 heterocycles. The van der Waals surface area contributed by atoms with Crippen molar-refractivity contribution in [2.75, 3.05) is 5.32 Å². The van der Waals surface area contributed by atoms with Crippen LogP contribution >= 0.6 is 0 Å². The number of benzene rings is 2. The van der Waals surface area contributed by atoms with Crippen molar-refractivity contribution in [2.24, 2.45) is 0 Å². The summed E-state index contributed by atoms with van der Waals surface area (Å²) in [5.74, 6) is -0.832. The van der Waals surface area contributed by atoms with Crippen LogP contribution in [0.15, 0.2) is 59.5 Å². The van der Waals surface area contributed by atoms with Gasteiger partial charge in [0.1, 0.15) is 0 Å². The van der Waals surface area contributed by atoms with E-state index in [4.69, 9.17) is 0 Å². The van der Waals surface area contributed by atoms with Gasteiger partial charge in [0.15, 0.2) is 0 Å². The van der Waals surface area contributed by atoms with Crippen molar-refractivity contribution in [3.63, 3.8) is 0 Å². The van der Waals surface area contributed by atoms with Crippen molar-refractivity contribution >= 4 is 27.5 Å². The number of sulfonamides is 1. The molecule has 6 nitrogen and oxygen atoms in total. The molecule has 0 aliphatic rings. The molecule has 0 unspecified atom stereocenters. The SMILES string of the molecule is CCCC(=O)NS(=O)(=O)c1ccc(NC(=O)c2ccccc2)cc1. The predicted octanol–water partition coefficient (Wildman–Crippen LogP) is 2.54. The summed E-state index contributed by atoms with van der Waals surface area (Å²) in [6.45, 7) is 1.79. The molecule has 126 valence electrons. The summed E-state index contributed by atoms with van der Waals surface area (Å²) in [6, 6.07) is 14.3. The fourth-order valence-electron chi connectivity index (χ4n) is 2.00. The molecule has 2 N–H and O–H groups in total. The maximum atomic E-state index is 12.1. The summed E-state index contributed by atoms with van der Waals surface area (Å²) in [6.07, 6.45) is 0.705. The van der Waals surface area contributed by atoms with Crippen LogP contribution in [0.25, 0.3) is 0 Å². The van der Waals surface area contributed by atoms with Crippen LogP contribution in [0.4, 0.5) is 5.69 Å². The number of carbonyl (C=O) groups excluding carboxylic acids is 2. The molecule has 0 saturated carbocycles. The summed E-state index contributed by atoms with van der Waals surface area (Å²) in [7, 11) is -3.89. The Hall–Kier alpha value is -2.67. The van der Waals surface area contributed by atoms with Gasteiger partial charge in [-0.15, -0.1) is 0 Å². The number of anilines is 1. The van der Waals surface area contributed by atoms with Gasteiger partial charge in [0.25, 0.3) is 15.9 Å². The Kier molecular flexibility index (Phi) is 5.70. The van der Waals surface area contributed by atoms with E-state index in [0.717, 1.165) is 0 Å². The Bertz CT molecular complexity index is 815. The van der Waals surface area contributed by atoms with Gasteiger partial charge in [0.2, 0.25) is 5.91 Å². The molecule has 0 saturated heterocycles. The van der Waals surface area contributed by atoms with Crippen LogP contribution in [0.3, 0.4) is 0 Å². The molecule has 0 bridgehead atoms. The van der Waals surface area contributed by atoms with E-state index in [0.29, 0.717) is 17.7 Å².